The predicted octanol–water partition coefficient (Wildman–Crippen LogP) is 2.45. The van der Waals surface area contributed by atoms with E-state index in [1.54, 1.807) is 18.2 Å². The third kappa shape index (κ3) is 3.27. The molecule has 2 saturated heterocycles. The number of benzene rings is 1. The highest BCUT2D eigenvalue weighted by Crippen LogP contribution is 2.46. The average molecular weight is 360 g/mol. The lowest BCUT2D eigenvalue weighted by molar-refractivity contribution is -0.133. The van der Waals surface area contributed by atoms with Gasteiger partial charge >= 0.3 is 0 Å². The van der Waals surface area contributed by atoms with Crippen LogP contribution in [0.4, 0.5) is 4.39 Å². The number of amides is 1. The standard InChI is InChI=1S/C21H29FN2O2/c22-19-7-2-1-4-16(19)12-20(26)23-10-8-21(9-11-23)15-24(13-17(21)14-25)18-5-3-6-18/h1-2,4,7,17-18,25H,3,5-6,8-15H2. The monoisotopic (exact) mass is 360 g/mol. The summed E-state index contributed by atoms with van der Waals surface area (Å²) in [7, 11) is 0. The Bertz CT molecular complexity index is 653. The average Bonchev–Trinajstić information content (AvgIpc) is 2.93. The van der Waals surface area contributed by atoms with Crippen LogP contribution in [0.5, 0.6) is 0 Å². The van der Waals surface area contributed by atoms with Crippen molar-refractivity contribution in [1.29, 1.82) is 0 Å². The van der Waals surface area contributed by atoms with Gasteiger partial charge in [0, 0.05) is 44.7 Å². The minimum absolute atomic E-state index is 0.0133. The summed E-state index contributed by atoms with van der Waals surface area (Å²) < 4.78 is 13.8. The number of hydrogen-bond acceptors (Lipinski definition) is 3. The molecule has 1 aromatic rings. The zero-order chi connectivity index (χ0) is 18.1. The smallest absolute Gasteiger partial charge is 0.227 e. The molecule has 1 saturated carbocycles. The summed E-state index contributed by atoms with van der Waals surface area (Å²) in [5.74, 6) is 0.0351. The van der Waals surface area contributed by atoms with E-state index in [2.05, 4.69) is 4.90 Å². The molecule has 1 spiro atoms. The summed E-state index contributed by atoms with van der Waals surface area (Å²) in [5.41, 5.74) is 0.627. The third-order valence-electron chi connectivity index (χ3n) is 7.06. The number of carbonyl (C=O) groups excluding carboxylic acids is 1. The molecule has 4 rings (SSSR count). The lowest BCUT2D eigenvalue weighted by Gasteiger charge is -2.43. The Labute approximate surface area is 155 Å². The number of halogens is 1. The Kier molecular flexibility index (Phi) is 5.02. The molecule has 2 aliphatic heterocycles. The van der Waals surface area contributed by atoms with Gasteiger partial charge in [0.05, 0.1) is 6.42 Å². The molecule has 142 valence electrons. The SMILES string of the molecule is O=C(Cc1ccccc1F)N1CCC2(CC1)CN(C1CCC1)CC2CO. The molecule has 1 amide bonds. The molecule has 3 aliphatic rings. The van der Waals surface area contributed by atoms with Crippen molar-refractivity contribution < 1.29 is 14.3 Å². The van der Waals surface area contributed by atoms with Crippen molar-refractivity contribution in [2.24, 2.45) is 11.3 Å². The molecule has 3 fully saturated rings. The van der Waals surface area contributed by atoms with Crippen LogP contribution in [0.1, 0.15) is 37.7 Å². The molecule has 0 radical (unpaired) electrons. The molecule has 26 heavy (non-hydrogen) atoms. The maximum absolute atomic E-state index is 13.8. The van der Waals surface area contributed by atoms with Gasteiger partial charge in [-0.2, -0.15) is 0 Å². The largest absolute Gasteiger partial charge is 0.396 e. The van der Waals surface area contributed by atoms with Crippen molar-refractivity contribution in [2.75, 3.05) is 32.8 Å². The highest BCUT2D eigenvalue weighted by molar-refractivity contribution is 5.79. The molecule has 2 heterocycles. The molecule has 1 N–H and O–H groups in total. The van der Waals surface area contributed by atoms with Crippen LogP contribution in [-0.4, -0.2) is 59.6 Å². The third-order valence-corrected chi connectivity index (χ3v) is 7.06. The summed E-state index contributed by atoms with van der Waals surface area (Å²) in [4.78, 5) is 17.1. The summed E-state index contributed by atoms with van der Waals surface area (Å²) in [6.07, 6.45) is 5.95. The predicted molar refractivity (Wildman–Crippen MR) is 98.1 cm³/mol. The van der Waals surface area contributed by atoms with Crippen LogP contribution in [0.25, 0.3) is 0 Å². The van der Waals surface area contributed by atoms with Crippen molar-refractivity contribution >= 4 is 5.91 Å². The van der Waals surface area contributed by atoms with Crippen LogP contribution in [0.15, 0.2) is 24.3 Å². The van der Waals surface area contributed by atoms with Crippen molar-refractivity contribution in [1.82, 2.24) is 9.80 Å². The lowest BCUT2D eigenvalue weighted by atomic mass is 9.71. The van der Waals surface area contributed by atoms with Gasteiger partial charge in [-0.15, -0.1) is 0 Å². The van der Waals surface area contributed by atoms with E-state index in [0.29, 0.717) is 17.5 Å². The Morgan fingerprint density at radius 2 is 1.96 bits per heavy atom. The number of aliphatic hydroxyl groups is 1. The van der Waals surface area contributed by atoms with Crippen LogP contribution in [0, 0.1) is 17.2 Å². The maximum atomic E-state index is 13.8. The van der Waals surface area contributed by atoms with E-state index in [1.807, 2.05) is 4.90 Å². The highest BCUT2D eigenvalue weighted by atomic mass is 19.1. The Hall–Kier alpha value is -1.46. The van der Waals surface area contributed by atoms with Gasteiger partial charge in [-0.3, -0.25) is 9.69 Å². The molecular formula is C21H29FN2O2. The number of rotatable bonds is 4. The zero-order valence-corrected chi connectivity index (χ0v) is 15.4. The lowest BCUT2D eigenvalue weighted by Crippen LogP contribution is -2.48. The molecule has 1 unspecified atom stereocenters. The van der Waals surface area contributed by atoms with Gasteiger partial charge < -0.3 is 10.0 Å². The van der Waals surface area contributed by atoms with Gasteiger partial charge in [0.1, 0.15) is 5.82 Å². The summed E-state index contributed by atoms with van der Waals surface area (Å²) in [6.45, 7) is 3.76. The van der Waals surface area contributed by atoms with E-state index in [1.165, 1.54) is 25.3 Å². The van der Waals surface area contributed by atoms with E-state index in [-0.39, 0.29) is 30.2 Å². The first-order valence-electron chi connectivity index (χ1n) is 9.97. The first kappa shape index (κ1) is 17.9. The summed E-state index contributed by atoms with van der Waals surface area (Å²) in [6, 6.07) is 7.23. The first-order valence-corrected chi connectivity index (χ1v) is 9.97. The number of likely N-dealkylation sites (tertiary alicyclic amines) is 2. The molecular weight excluding hydrogens is 331 g/mol. The molecule has 5 heteroatoms. The zero-order valence-electron chi connectivity index (χ0n) is 15.4. The second-order valence-electron chi connectivity index (χ2n) is 8.41. The molecule has 1 aromatic carbocycles. The molecule has 1 aliphatic carbocycles. The summed E-state index contributed by atoms with van der Waals surface area (Å²) in [5, 5.41) is 9.93. The fraction of sp³-hybridized carbons (Fsp3) is 0.667. The van der Waals surface area contributed by atoms with E-state index in [4.69, 9.17) is 0 Å². The molecule has 0 bridgehead atoms. The number of piperidine rings is 1. The van der Waals surface area contributed by atoms with Crippen molar-refractivity contribution in [3.05, 3.63) is 35.6 Å². The first-order chi connectivity index (χ1) is 12.6. The molecule has 4 nitrogen and oxygen atoms in total. The van der Waals surface area contributed by atoms with Gasteiger partial charge in [0.2, 0.25) is 5.91 Å². The normalized spacial score (nSPS) is 26.2. The van der Waals surface area contributed by atoms with Crippen molar-refractivity contribution in [3.63, 3.8) is 0 Å². The van der Waals surface area contributed by atoms with Gasteiger partial charge in [0.15, 0.2) is 0 Å². The summed E-state index contributed by atoms with van der Waals surface area (Å²) >= 11 is 0. The topological polar surface area (TPSA) is 43.8 Å². The van der Waals surface area contributed by atoms with Gasteiger partial charge in [-0.1, -0.05) is 24.6 Å². The molecule has 1 atom stereocenters. The van der Waals surface area contributed by atoms with Gasteiger partial charge in [-0.05, 0) is 42.7 Å². The fourth-order valence-corrected chi connectivity index (χ4v) is 5.04. The van der Waals surface area contributed by atoms with Gasteiger partial charge in [-0.25, -0.2) is 4.39 Å². The quantitative estimate of drug-likeness (QED) is 0.897. The van der Waals surface area contributed by atoms with Crippen molar-refractivity contribution in [2.45, 2.75) is 44.6 Å². The van der Waals surface area contributed by atoms with Crippen LogP contribution in [0.2, 0.25) is 0 Å². The fourth-order valence-electron chi connectivity index (χ4n) is 5.04. The Morgan fingerprint density at radius 3 is 2.58 bits per heavy atom. The van der Waals surface area contributed by atoms with E-state index in [0.717, 1.165) is 39.0 Å². The van der Waals surface area contributed by atoms with Crippen molar-refractivity contribution in [3.8, 4) is 0 Å². The van der Waals surface area contributed by atoms with Crippen LogP contribution in [0.3, 0.4) is 0 Å². The minimum Gasteiger partial charge on any atom is -0.396 e. The van der Waals surface area contributed by atoms with Crippen LogP contribution < -0.4 is 0 Å². The van der Waals surface area contributed by atoms with Crippen LogP contribution in [-0.2, 0) is 11.2 Å². The van der Waals surface area contributed by atoms with Crippen LogP contribution >= 0.6 is 0 Å². The second-order valence-corrected chi connectivity index (χ2v) is 8.41. The Balaban J connectivity index is 1.37. The van der Waals surface area contributed by atoms with E-state index in [9.17, 15) is 14.3 Å². The minimum atomic E-state index is -0.304. The Morgan fingerprint density at radius 1 is 1.23 bits per heavy atom. The number of nitrogens with zero attached hydrogens (tertiary/aromatic N) is 2. The number of aliphatic hydroxyl groups excluding tert-OH is 1. The number of carbonyl (C=O) groups is 1. The highest BCUT2D eigenvalue weighted by Gasteiger charge is 2.49. The van der Waals surface area contributed by atoms with Gasteiger partial charge in [0.25, 0.3) is 0 Å². The van der Waals surface area contributed by atoms with E-state index >= 15 is 0 Å². The van der Waals surface area contributed by atoms with E-state index < -0.39 is 0 Å². The second kappa shape index (κ2) is 7.28. The number of hydrogen-bond donors (Lipinski definition) is 1. The maximum Gasteiger partial charge on any atom is 0.227 e. The molecule has 0 aromatic heterocycles.